The lowest BCUT2D eigenvalue weighted by atomic mass is 10.2. The highest BCUT2D eigenvalue weighted by molar-refractivity contribution is 5.93. The Morgan fingerprint density at radius 2 is 2.33 bits per heavy atom. The van der Waals surface area contributed by atoms with Gasteiger partial charge in [0.15, 0.2) is 0 Å². The van der Waals surface area contributed by atoms with Gasteiger partial charge in [0.05, 0.1) is 12.6 Å². The molecule has 4 nitrogen and oxygen atoms in total. The Kier molecular flexibility index (Phi) is 2.52. The number of hydrogen-bond donors (Lipinski definition) is 0. The van der Waals surface area contributed by atoms with Crippen LogP contribution in [0.4, 0.5) is 0 Å². The molecule has 1 atom stereocenters. The van der Waals surface area contributed by atoms with Gasteiger partial charge in [-0.15, -0.1) is 0 Å². The van der Waals surface area contributed by atoms with Crippen LogP contribution in [0.3, 0.4) is 0 Å². The number of fused-ring (bicyclic) bond motifs is 1. The van der Waals surface area contributed by atoms with Crippen LogP contribution in [0.25, 0.3) is 0 Å². The third kappa shape index (κ3) is 1.65. The van der Waals surface area contributed by atoms with Crippen molar-refractivity contribution in [1.82, 2.24) is 9.47 Å². The summed E-state index contributed by atoms with van der Waals surface area (Å²) in [6.45, 7) is 3.40. The van der Waals surface area contributed by atoms with Gasteiger partial charge in [-0.2, -0.15) is 0 Å². The molecule has 0 saturated carbocycles. The highest BCUT2D eigenvalue weighted by atomic mass is 16.5. The number of rotatable bonds is 2. The minimum absolute atomic E-state index is 0.0800. The molecule has 1 aliphatic rings. The molecule has 4 heteroatoms. The summed E-state index contributed by atoms with van der Waals surface area (Å²) in [6, 6.07) is 2.07. The zero-order valence-corrected chi connectivity index (χ0v) is 9.36. The largest absolute Gasteiger partial charge is 0.382 e. The number of methoxy groups -OCH3 is 1. The summed E-state index contributed by atoms with van der Waals surface area (Å²) >= 11 is 0. The Labute approximate surface area is 89.4 Å². The van der Waals surface area contributed by atoms with Crippen LogP contribution in [-0.4, -0.2) is 42.2 Å². The van der Waals surface area contributed by atoms with Crippen molar-refractivity contribution in [3.05, 3.63) is 23.5 Å². The summed E-state index contributed by atoms with van der Waals surface area (Å²) in [4.78, 5) is 13.7. The molecule has 82 valence electrons. The molecule has 1 amide bonds. The van der Waals surface area contributed by atoms with Gasteiger partial charge in [0.1, 0.15) is 5.69 Å². The van der Waals surface area contributed by atoms with Crippen molar-refractivity contribution in [3.8, 4) is 0 Å². The monoisotopic (exact) mass is 208 g/mol. The van der Waals surface area contributed by atoms with Crippen LogP contribution in [0.2, 0.25) is 0 Å². The van der Waals surface area contributed by atoms with Gasteiger partial charge in [-0.1, -0.05) is 0 Å². The molecule has 0 aromatic carbocycles. The molecule has 0 spiro atoms. The van der Waals surface area contributed by atoms with Gasteiger partial charge in [-0.25, -0.2) is 0 Å². The van der Waals surface area contributed by atoms with E-state index in [0.717, 1.165) is 17.8 Å². The lowest BCUT2D eigenvalue weighted by molar-refractivity contribution is 0.0496. The van der Waals surface area contributed by atoms with Crippen LogP contribution in [0.1, 0.15) is 16.1 Å². The van der Waals surface area contributed by atoms with E-state index < -0.39 is 0 Å². The first-order valence-electron chi connectivity index (χ1n) is 5.06. The first-order chi connectivity index (χ1) is 7.13. The Hall–Kier alpha value is -1.29. The Morgan fingerprint density at radius 3 is 3.00 bits per heavy atom. The van der Waals surface area contributed by atoms with Crippen molar-refractivity contribution in [3.63, 3.8) is 0 Å². The van der Waals surface area contributed by atoms with Crippen molar-refractivity contribution in [2.45, 2.75) is 19.5 Å². The van der Waals surface area contributed by atoms with Crippen LogP contribution in [-0.2, 0) is 11.3 Å². The molecule has 0 bridgehead atoms. The van der Waals surface area contributed by atoms with Gasteiger partial charge in [0, 0.05) is 26.9 Å². The number of carbonyl (C=O) groups is 1. The topological polar surface area (TPSA) is 34.5 Å². The van der Waals surface area contributed by atoms with E-state index in [2.05, 4.69) is 0 Å². The molecule has 0 fully saturated rings. The predicted octanol–water partition coefficient (Wildman–Crippen LogP) is 0.897. The fourth-order valence-corrected chi connectivity index (χ4v) is 2.04. The number of carbonyl (C=O) groups excluding carboxylic acids is 1. The van der Waals surface area contributed by atoms with Crippen LogP contribution in [0, 0.1) is 6.92 Å². The fourth-order valence-electron chi connectivity index (χ4n) is 2.04. The molecule has 0 radical (unpaired) electrons. The Bertz CT molecular complexity index is 384. The normalized spacial score (nSPS) is 20.6. The summed E-state index contributed by atoms with van der Waals surface area (Å²) in [7, 11) is 3.49. The quantitative estimate of drug-likeness (QED) is 0.723. The van der Waals surface area contributed by atoms with Crippen LogP contribution in [0.5, 0.6) is 0 Å². The number of likely N-dealkylation sites (N-methyl/N-ethyl adjacent to an activating group) is 1. The average molecular weight is 208 g/mol. The Morgan fingerprint density at radius 1 is 1.60 bits per heavy atom. The molecule has 15 heavy (non-hydrogen) atoms. The van der Waals surface area contributed by atoms with Crippen molar-refractivity contribution in [2.75, 3.05) is 20.8 Å². The minimum Gasteiger partial charge on any atom is -0.382 e. The molecule has 1 aromatic rings. The van der Waals surface area contributed by atoms with Gasteiger partial charge in [0.25, 0.3) is 5.91 Å². The maximum atomic E-state index is 12.0. The summed E-state index contributed by atoms with van der Waals surface area (Å²) < 4.78 is 7.13. The van der Waals surface area contributed by atoms with Crippen molar-refractivity contribution < 1.29 is 9.53 Å². The van der Waals surface area contributed by atoms with Gasteiger partial charge >= 0.3 is 0 Å². The van der Waals surface area contributed by atoms with E-state index in [1.165, 1.54) is 0 Å². The number of hydrogen-bond acceptors (Lipinski definition) is 2. The molecule has 2 heterocycles. The highest BCUT2D eigenvalue weighted by Gasteiger charge is 2.29. The smallest absolute Gasteiger partial charge is 0.270 e. The molecule has 0 N–H and O–H groups in total. The molecule has 0 saturated heterocycles. The number of amides is 1. The first-order valence-corrected chi connectivity index (χ1v) is 5.06. The van der Waals surface area contributed by atoms with Gasteiger partial charge in [0.2, 0.25) is 0 Å². The molecule has 1 unspecified atom stereocenters. The van der Waals surface area contributed by atoms with E-state index in [9.17, 15) is 4.79 Å². The van der Waals surface area contributed by atoms with E-state index in [0.29, 0.717) is 6.61 Å². The summed E-state index contributed by atoms with van der Waals surface area (Å²) in [5, 5.41) is 0. The molecular weight excluding hydrogens is 192 g/mol. The van der Waals surface area contributed by atoms with Gasteiger partial charge in [-0.05, 0) is 18.6 Å². The third-order valence-corrected chi connectivity index (χ3v) is 2.89. The summed E-state index contributed by atoms with van der Waals surface area (Å²) in [6.07, 6.45) is 2.02. The molecular formula is C11H16N2O2. The standard InChI is InChI=1S/C11H16N2O2/c1-8-4-10-11(14)12(2)9(7-15-3)6-13(10)5-8/h4-5,9H,6-7H2,1-3H3. The zero-order chi connectivity index (χ0) is 11.0. The summed E-state index contributed by atoms with van der Waals surface area (Å²) in [5.41, 5.74) is 1.91. The second kappa shape index (κ2) is 3.70. The van der Waals surface area contributed by atoms with E-state index in [4.69, 9.17) is 4.74 Å². The van der Waals surface area contributed by atoms with Crippen LogP contribution in [0.15, 0.2) is 12.3 Å². The lowest BCUT2D eigenvalue weighted by Gasteiger charge is -2.33. The maximum Gasteiger partial charge on any atom is 0.270 e. The maximum absolute atomic E-state index is 12.0. The number of aryl methyl sites for hydroxylation is 1. The van der Waals surface area contributed by atoms with E-state index >= 15 is 0 Å². The number of ether oxygens (including phenoxy) is 1. The third-order valence-electron chi connectivity index (χ3n) is 2.89. The second-order valence-electron chi connectivity index (χ2n) is 4.08. The first kappa shape index (κ1) is 10.2. The van der Waals surface area contributed by atoms with Crippen molar-refractivity contribution in [2.24, 2.45) is 0 Å². The van der Waals surface area contributed by atoms with E-state index in [1.54, 1.807) is 12.0 Å². The van der Waals surface area contributed by atoms with E-state index in [-0.39, 0.29) is 11.9 Å². The second-order valence-corrected chi connectivity index (χ2v) is 4.08. The van der Waals surface area contributed by atoms with Crippen LogP contribution < -0.4 is 0 Å². The molecule has 2 rings (SSSR count). The van der Waals surface area contributed by atoms with Crippen LogP contribution >= 0.6 is 0 Å². The van der Waals surface area contributed by atoms with Gasteiger partial charge in [-0.3, -0.25) is 4.79 Å². The molecule has 0 aliphatic carbocycles. The number of nitrogens with zero attached hydrogens (tertiary/aromatic N) is 2. The summed E-state index contributed by atoms with van der Waals surface area (Å²) in [5.74, 6) is 0.0800. The zero-order valence-electron chi connectivity index (χ0n) is 9.36. The van der Waals surface area contributed by atoms with E-state index in [1.807, 2.05) is 30.8 Å². The minimum atomic E-state index is 0.0800. The Balaban J connectivity index is 2.32. The predicted molar refractivity (Wildman–Crippen MR) is 56.9 cm³/mol. The molecule has 1 aliphatic heterocycles. The molecule has 1 aromatic heterocycles. The fraction of sp³-hybridized carbons (Fsp3) is 0.545. The average Bonchev–Trinajstić information content (AvgIpc) is 2.56. The van der Waals surface area contributed by atoms with Gasteiger partial charge < -0.3 is 14.2 Å². The highest BCUT2D eigenvalue weighted by Crippen LogP contribution is 2.18. The van der Waals surface area contributed by atoms with Crippen molar-refractivity contribution in [1.29, 1.82) is 0 Å². The van der Waals surface area contributed by atoms with Crippen molar-refractivity contribution >= 4 is 5.91 Å². The SMILES string of the molecule is COCC1Cn2cc(C)cc2C(=O)N1C. The number of aromatic nitrogens is 1. The lowest BCUT2D eigenvalue weighted by Crippen LogP contribution is -2.47.